The number of aromatic nitrogens is 3. The summed E-state index contributed by atoms with van der Waals surface area (Å²) in [5, 5.41) is 5.10. The molecule has 0 fully saturated rings. The van der Waals surface area contributed by atoms with E-state index in [9.17, 15) is 4.79 Å². The van der Waals surface area contributed by atoms with Crippen LogP contribution in [0.1, 0.15) is 37.2 Å². The maximum Gasteiger partial charge on any atom is 0.333 e. The molecule has 27 heavy (non-hydrogen) atoms. The normalized spacial score (nSPS) is 13.8. The molecule has 0 saturated carbocycles. The number of halogens is 1. The molecule has 1 aliphatic heterocycles. The molecule has 0 spiro atoms. The smallest absolute Gasteiger partial charge is 0.333 e. The van der Waals surface area contributed by atoms with Gasteiger partial charge in [-0.2, -0.15) is 5.10 Å². The van der Waals surface area contributed by atoms with Crippen LogP contribution in [0.4, 0.5) is 0 Å². The van der Waals surface area contributed by atoms with E-state index in [0.29, 0.717) is 30.8 Å². The van der Waals surface area contributed by atoms with Gasteiger partial charge in [-0.3, -0.25) is 4.68 Å². The number of cyclic esters (lactones) is 1. The lowest BCUT2D eigenvalue weighted by molar-refractivity contribution is -0.135. The molecule has 0 radical (unpaired) electrons. The van der Waals surface area contributed by atoms with Crippen LogP contribution in [0.2, 0.25) is 5.15 Å². The standard InChI is InChI=1S/C20H25ClN4O2/c1-14(2)6-7-25-17(8-15(3)23-25)12-24(18-9-20(26)27-13-18)11-16-4-5-19(21)22-10-16/h4-5,8-10,14H,6-7,11-13H2,1-3H3. The summed E-state index contributed by atoms with van der Waals surface area (Å²) in [7, 11) is 0. The molecule has 0 unspecified atom stereocenters. The van der Waals surface area contributed by atoms with Gasteiger partial charge in [-0.1, -0.05) is 31.5 Å². The van der Waals surface area contributed by atoms with Crippen LogP contribution in [-0.4, -0.2) is 32.2 Å². The minimum absolute atomic E-state index is 0.291. The number of esters is 1. The molecule has 144 valence electrons. The lowest BCUT2D eigenvalue weighted by atomic mass is 10.1. The van der Waals surface area contributed by atoms with Crippen molar-refractivity contribution in [2.45, 2.75) is 46.8 Å². The Labute approximate surface area is 164 Å². The first kappa shape index (κ1) is 19.4. The number of carbonyl (C=O) groups is 1. The molecule has 0 saturated heterocycles. The van der Waals surface area contributed by atoms with Gasteiger partial charge >= 0.3 is 5.97 Å². The highest BCUT2D eigenvalue weighted by atomic mass is 35.5. The van der Waals surface area contributed by atoms with Crippen LogP contribution in [0.15, 0.2) is 36.2 Å². The van der Waals surface area contributed by atoms with E-state index >= 15 is 0 Å². The fraction of sp³-hybridized carbons (Fsp3) is 0.450. The van der Waals surface area contributed by atoms with Gasteiger partial charge in [0.1, 0.15) is 11.8 Å². The molecule has 7 heteroatoms. The summed E-state index contributed by atoms with van der Waals surface area (Å²) in [6.45, 7) is 8.85. The second kappa shape index (κ2) is 8.57. The van der Waals surface area contributed by atoms with E-state index < -0.39 is 0 Å². The molecule has 3 rings (SSSR count). The number of rotatable bonds is 8. The van der Waals surface area contributed by atoms with Gasteiger partial charge in [0.15, 0.2) is 0 Å². The van der Waals surface area contributed by atoms with Gasteiger partial charge < -0.3 is 9.64 Å². The Balaban J connectivity index is 1.82. The van der Waals surface area contributed by atoms with E-state index in [1.165, 1.54) is 0 Å². The van der Waals surface area contributed by atoms with Crippen molar-refractivity contribution in [1.82, 2.24) is 19.7 Å². The second-order valence-electron chi connectivity index (χ2n) is 7.27. The number of pyridine rings is 1. The van der Waals surface area contributed by atoms with Gasteiger partial charge in [0.25, 0.3) is 0 Å². The number of aryl methyl sites for hydroxylation is 2. The zero-order valence-electron chi connectivity index (χ0n) is 16.0. The van der Waals surface area contributed by atoms with E-state index in [-0.39, 0.29) is 5.97 Å². The minimum Gasteiger partial charge on any atom is -0.456 e. The number of carbonyl (C=O) groups excluding carboxylic acids is 1. The molecule has 2 aromatic heterocycles. The third-order valence-electron chi connectivity index (χ3n) is 4.47. The highest BCUT2D eigenvalue weighted by Gasteiger charge is 2.21. The van der Waals surface area contributed by atoms with Crippen LogP contribution in [0, 0.1) is 12.8 Å². The summed E-state index contributed by atoms with van der Waals surface area (Å²) in [6, 6.07) is 5.82. The lowest BCUT2D eigenvalue weighted by Crippen LogP contribution is -2.25. The zero-order chi connectivity index (χ0) is 19.4. The first-order valence-corrected chi connectivity index (χ1v) is 9.54. The maximum absolute atomic E-state index is 11.6. The molecule has 0 N–H and O–H groups in total. The van der Waals surface area contributed by atoms with Gasteiger partial charge in [-0.05, 0) is 37.0 Å². The summed E-state index contributed by atoms with van der Waals surface area (Å²) in [5.74, 6) is 0.316. The molecule has 0 bridgehead atoms. The monoisotopic (exact) mass is 388 g/mol. The first-order chi connectivity index (χ1) is 12.9. The van der Waals surface area contributed by atoms with E-state index in [1.54, 1.807) is 18.3 Å². The number of hydrogen-bond donors (Lipinski definition) is 0. The van der Waals surface area contributed by atoms with Crippen molar-refractivity contribution in [2.75, 3.05) is 6.61 Å². The van der Waals surface area contributed by atoms with E-state index in [4.69, 9.17) is 16.3 Å². The Kier molecular flexibility index (Phi) is 6.16. The van der Waals surface area contributed by atoms with Gasteiger partial charge in [0.05, 0.1) is 23.6 Å². The summed E-state index contributed by atoms with van der Waals surface area (Å²) in [6.07, 6.45) is 4.39. The average Bonchev–Trinajstić information content (AvgIpc) is 3.20. The van der Waals surface area contributed by atoms with Crippen molar-refractivity contribution in [3.63, 3.8) is 0 Å². The Morgan fingerprint density at radius 3 is 2.78 bits per heavy atom. The van der Waals surface area contributed by atoms with Crippen LogP contribution in [-0.2, 0) is 29.2 Å². The van der Waals surface area contributed by atoms with Gasteiger partial charge in [0.2, 0.25) is 0 Å². The van der Waals surface area contributed by atoms with Gasteiger partial charge in [-0.15, -0.1) is 0 Å². The maximum atomic E-state index is 11.6. The van der Waals surface area contributed by atoms with Gasteiger partial charge in [0, 0.05) is 25.4 Å². The first-order valence-electron chi connectivity index (χ1n) is 9.16. The predicted octanol–water partition coefficient (Wildman–Crippen LogP) is 3.73. The quantitative estimate of drug-likeness (QED) is 0.509. The second-order valence-corrected chi connectivity index (χ2v) is 7.66. The Hall–Kier alpha value is -2.34. The summed E-state index contributed by atoms with van der Waals surface area (Å²) < 4.78 is 7.19. The van der Waals surface area contributed by atoms with Crippen LogP contribution in [0.25, 0.3) is 0 Å². The van der Waals surface area contributed by atoms with Crippen molar-refractivity contribution in [1.29, 1.82) is 0 Å². The molecular formula is C20H25ClN4O2. The van der Waals surface area contributed by atoms with E-state index in [2.05, 4.69) is 39.6 Å². The van der Waals surface area contributed by atoms with Crippen molar-refractivity contribution < 1.29 is 9.53 Å². The summed E-state index contributed by atoms with van der Waals surface area (Å²) in [4.78, 5) is 17.9. The zero-order valence-corrected chi connectivity index (χ0v) is 16.7. The van der Waals surface area contributed by atoms with Crippen molar-refractivity contribution in [3.8, 4) is 0 Å². The molecule has 1 aliphatic rings. The van der Waals surface area contributed by atoms with E-state index in [0.717, 1.165) is 35.6 Å². The molecule has 0 aliphatic carbocycles. The third kappa shape index (κ3) is 5.32. The molecule has 0 amide bonds. The molecule has 6 nitrogen and oxygen atoms in total. The highest BCUT2D eigenvalue weighted by Crippen LogP contribution is 2.20. The van der Waals surface area contributed by atoms with Crippen LogP contribution in [0.5, 0.6) is 0 Å². The average molecular weight is 389 g/mol. The topological polar surface area (TPSA) is 60.3 Å². The van der Waals surface area contributed by atoms with Gasteiger partial charge in [-0.25, -0.2) is 9.78 Å². The SMILES string of the molecule is Cc1cc(CN(Cc2ccc(Cl)nc2)C2=CC(=O)OC2)n(CCC(C)C)n1. The van der Waals surface area contributed by atoms with Crippen molar-refractivity contribution in [3.05, 3.63) is 58.3 Å². The fourth-order valence-corrected chi connectivity index (χ4v) is 3.13. The molecule has 3 heterocycles. The third-order valence-corrected chi connectivity index (χ3v) is 4.70. The van der Waals surface area contributed by atoms with E-state index in [1.807, 2.05) is 13.0 Å². The van der Waals surface area contributed by atoms with Crippen molar-refractivity contribution in [2.24, 2.45) is 5.92 Å². The molecular weight excluding hydrogens is 364 g/mol. The highest BCUT2D eigenvalue weighted by molar-refractivity contribution is 6.29. The number of hydrogen-bond acceptors (Lipinski definition) is 5. The lowest BCUT2D eigenvalue weighted by Gasteiger charge is -2.25. The number of ether oxygens (including phenoxy) is 1. The number of nitrogens with zero attached hydrogens (tertiary/aromatic N) is 4. The summed E-state index contributed by atoms with van der Waals surface area (Å²) >= 11 is 5.90. The van der Waals surface area contributed by atoms with Crippen molar-refractivity contribution >= 4 is 17.6 Å². The largest absolute Gasteiger partial charge is 0.456 e. The van der Waals surface area contributed by atoms with Crippen LogP contribution >= 0.6 is 11.6 Å². The summed E-state index contributed by atoms with van der Waals surface area (Å²) in [5.41, 5.74) is 4.00. The fourth-order valence-electron chi connectivity index (χ4n) is 3.02. The Bertz CT molecular complexity index is 827. The van der Waals surface area contributed by atoms with Crippen LogP contribution < -0.4 is 0 Å². The Morgan fingerprint density at radius 2 is 2.15 bits per heavy atom. The minimum atomic E-state index is -0.297. The molecule has 0 aromatic carbocycles. The van der Waals surface area contributed by atoms with Crippen LogP contribution in [0.3, 0.4) is 0 Å². The Morgan fingerprint density at radius 1 is 1.33 bits per heavy atom. The predicted molar refractivity (Wildman–Crippen MR) is 104 cm³/mol. The molecule has 0 atom stereocenters. The molecule has 2 aromatic rings.